The lowest BCUT2D eigenvalue weighted by Crippen LogP contribution is -1.97. The molecule has 1 aromatic heterocycles. The Labute approximate surface area is 98.2 Å². The molecule has 6 heteroatoms. The first kappa shape index (κ1) is 11.4. The summed E-state index contributed by atoms with van der Waals surface area (Å²) in [5, 5.41) is 5.12. The summed E-state index contributed by atoms with van der Waals surface area (Å²) >= 11 is 0. The summed E-state index contributed by atoms with van der Waals surface area (Å²) in [7, 11) is 3.37. The number of halogens is 1. The Morgan fingerprint density at radius 3 is 2.69 bits per heavy atom. The highest BCUT2D eigenvalue weighted by Crippen LogP contribution is 2.27. The Balaban J connectivity index is 2.94. The molecule has 1 heterocycles. The van der Waals surface area contributed by atoms with E-state index >= 15 is 0 Å². The second kappa shape index (κ2) is 3.75. The average Bonchev–Trinajstić information content (AvgIpc) is 2.54. The predicted molar refractivity (Wildman–Crippen MR) is 63.1 cm³/mol. The third-order valence-electron chi connectivity index (χ3n) is 2.50. The maximum Gasteiger partial charge on any atom is 0.263 e. The van der Waals surface area contributed by atoms with Gasteiger partial charge < -0.3 is 0 Å². The Morgan fingerprint density at radius 2 is 2.12 bits per heavy atom. The molecule has 0 atom stereocenters. The number of nitrogens with zero attached hydrogens (tertiary/aromatic N) is 2. The van der Waals surface area contributed by atoms with Gasteiger partial charge in [0, 0.05) is 23.1 Å². The van der Waals surface area contributed by atoms with E-state index in [1.807, 2.05) is 13.0 Å². The van der Waals surface area contributed by atoms with Crippen LogP contribution in [-0.2, 0) is 22.5 Å². The summed E-state index contributed by atoms with van der Waals surface area (Å²) in [5.74, 6) is 0. The lowest BCUT2D eigenvalue weighted by Gasteiger charge is -2.00. The second-order valence-electron chi connectivity index (χ2n) is 3.51. The van der Waals surface area contributed by atoms with Crippen molar-refractivity contribution in [3.05, 3.63) is 23.9 Å². The van der Waals surface area contributed by atoms with Crippen LogP contribution in [0.1, 0.15) is 12.6 Å². The summed E-state index contributed by atoms with van der Waals surface area (Å²) in [4.78, 5) is 0.112. The third kappa shape index (κ3) is 1.70. The lowest BCUT2D eigenvalue weighted by atomic mass is 10.2. The van der Waals surface area contributed by atoms with Gasteiger partial charge in [-0.1, -0.05) is 19.1 Å². The minimum Gasteiger partial charge on any atom is -0.266 e. The van der Waals surface area contributed by atoms with E-state index in [0.29, 0.717) is 5.52 Å². The maximum atomic E-state index is 11.4. The van der Waals surface area contributed by atoms with E-state index in [0.717, 1.165) is 17.5 Å². The van der Waals surface area contributed by atoms with Gasteiger partial charge in [-0.2, -0.15) is 5.10 Å². The van der Waals surface area contributed by atoms with Crippen LogP contribution in [0.5, 0.6) is 0 Å². The molecule has 0 fully saturated rings. The van der Waals surface area contributed by atoms with Crippen LogP contribution < -0.4 is 0 Å². The van der Waals surface area contributed by atoms with Gasteiger partial charge in [0.2, 0.25) is 0 Å². The van der Waals surface area contributed by atoms with Gasteiger partial charge in [0.25, 0.3) is 9.05 Å². The number of benzene rings is 1. The molecular formula is C10H11ClN2O2S. The van der Waals surface area contributed by atoms with Gasteiger partial charge in [-0.25, -0.2) is 8.42 Å². The molecule has 0 bridgehead atoms. The number of fused-ring (bicyclic) bond motifs is 1. The molecule has 2 rings (SSSR count). The molecule has 0 spiro atoms. The van der Waals surface area contributed by atoms with E-state index in [4.69, 9.17) is 10.7 Å². The van der Waals surface area contributed by atoms with Gasteiger partial charge in [0.1, 0.15) is 4.90 Å². The SMILES string of the molecule is CCc1nn(C)c2c(S(=O)(=O)Cl)cccc12. The molecule has 0 saturated heterocycles. The normalized spacial score (nSPS) is 12.2. The van der Waals surface area contributed by atoms with E-state index in [-0.39, 0.29) is 4.90 Å². The van der Waals surface area contributed by atoms with Crippen LogP contribution >= 0.6 is 10.7 Å². The van der Waals surface area contributed by atoms with Gasteiger partial charge >= 0.3 is 0 Å². The average molecular weight is 259 g/mol. The molecule has 0 N–H and O–H groups in total. The fourth-order valence-electron chi connectivity index (χ4n) is 1.83. The molecule has 0 radical (unpaired) electrons. The van der Waals surface area contributed by atoms with Crippen molar-refractivity contribution in [2.75, 3.05) is 0 Å². The van der Waals surface area contributed by atoms with Crippen LogP contribution in [0.2, 0.25) is 0 Å². The highest BCUT2D eigenvalue weighted by atomic mass is 35.7. The van der Waals surface area contributed by atoms with Crippen LogP contribution in [0.3, 0.4) is 0 Å². The molecule has 0 unspecified atom stereocenters. The highest BCUT2D eigenvalue weighted by molar-refractivity contribution is 8.14. The van der Waals surface area contributed by atoms with Gasteiger partial charge in [-0.3, -0.25) is 4.68 Å². The molecule has 0 saturated carbocycles. The fraction of sp³-hybridized carbons (Fsp3) is 0.300. The zero-order chi connectivity index (χ0) is 11.9. The van der Waals surface area contributed by atoms with Crippen molar-refractivity contribution in [3.8, 4) is 0 Å². The van der Waals surface area contributed by atoms with Gasteiger partial charge in [-0.15, -0.1) is 0 Å². The quantitative estimate of drug-likeness (QED) is 0.775. The lowest BCUT2D eigenvalue weighted by molar-refractivity contribution is 0.609. The minimum atomic E-state index is -3.74. The molecule has 0 aliphatic heterocycles. The van der Waals surface area contributed by atoms with E-state index < -0.39 is 9.05 Å². The van der Waals surface area contributed by atoms with Gasteiger partial charge in [0.15, 0.2) is 0 Å². The van der Waals surface area contributed by atoms with Crippen LogP contribution in [0, 0.1) is 0 Å². The van der Waals surface area contributed by atoms with Crippen LogP contribution in [-0.4, -0.2) is 18.2 Å². The zero-order valence-electron chi connectivity index (χ0n) is 8.94. The second-order valence-corrected chi connectivity index (χ2v) is 6.05. The first-order chi connectivity index (χ1) is 7.45. The summed E-state index contributed by atoms with van der Waals surface area (Å²) in [6.45, 7) is 1.98. The molecular weight excluding hydrogens is 248 g/mol. The van der Waals surface area contributed by atoms with Crippen LogP contribution in [0.4, 0.5) is 0 Å². The summed E-state index contributed by atoms with van der Waals surface area (Å²) in [6, 6.07) is 5.02. The molecule has 86 valence electrons. The molecule has 0 amide bonds. The summed E-state index contributed by atoms with van der Waals surface area (Å²) in [6.07, 6.45) is 0.753. The number of para-hydroxylation sites is 1. The Hall–Kier alpha value is -1.07. The van der Waals surface area contributed by atoms with Gasteiger partial charge in [-0.05, 0) is 12.5 Å². The van der Waals surface area contributed by atoms with Crippen molar-refractivity contribution in [1.82, 2.24) is 9.78 Å². The monoisotopic (exact) mass is 258 g/mol. The minimum absolute atomic E-state index is 0.112. The number of hydrogen-bond acceptors (Lipinski definition) is 3. The highest BCUT2D eigenvalue weighted by Gasteiger charge is 2.18. The van der Waals surface area contributed by atoms with E-state index in [1.54, 1.807) is 17.8 Å². The molecule has 2 aromatic rings. The smallest absolute Gasteiger partial charge is 0.263 e. The van der Waals surface area contributed by atoms with Gasteiger partial charge in [0.05, 0.1) is 11.2 Å². The maximum absolute atomic E-state index is 11.4. The van der Waals surface area contributed by atoms with Crippen molar-refractivity contribution in [2.45, 2.75) is 18.2 Å². The topological polar surface area (TPSA) is 52.0 Å². The number of rotatable bonds is 2. The number of aromatic nitrogens is 2. The van der Waals surface area contributed by atoms with Crippen molar-refractivity contribution in [1.29, 1.82) is 0 Å². The molecule has 0 aliphatic carbocycles. The van der Waals surface area contributed by atoms with Crippen LogP contribution in [0.25, 0.3) is 10.9 Å². The summed E-state index contributed by atoms with van der Waals surface area (Å²) in [5.41, 5.74) is 1.44. The number of hydrogen-bond donors (Lipinski definition) is 0. The molecule has 0 aliphatic rings. The molecule has 1 aromatic carbocycles. The number of aryl methyl sites for hydroxylation is 2. The van der Waals surface area contributed by atoms with E-state index in [9.17, 15) is 8.42 Å². The summed E-state index contributed by atoms with van der Waals surface area (Å²) < 4.78 is 24.4. The standard InChI is InChI=1S/C10H11ClN2O2S/c1-3-8-7-5-4-6-9(16(11,14)15)10(7)13(2)12-8/h4-6H,3H2,1-2H3. The predicted octanol–water partition coefficient (Wildman–Crippen LogP) is 2.06. The fourth-order valence-corrected chi connectivity index (χ4v) is 2.92. The Morgan fingerprint density at radius 1 is 1.44 bits per heavy atom. The van der Waals surface area contributed by atoms with Crippen molar-refractivity contribution >= 4 is 30.6 Å². The Bertz CT molecular complexity index is 646. The van der Waals surface area contributed by atoms with Crippen LogP contribution in [0.15, 0.2) is 23.1 Å². The molecule has 4 nitrogen and oxygen atoms in total. The van der Waals surface area contributed by atoms with E-state index in [2.05, 4.69) is 5.10 Å². The zero-order valence-corrected chi connectivity index (χ0v) is 10.5. The molecule has 16 heavy (non-hydrogen) atoms. The first-order valence-corrected chi connectivity index (χ1v) is 7.15. The van der Waals surface area contributed by atoms with Crippen molar-refractivity contribution in [3.63, 3.8) is 0 Å². The van der Waals surface area contributed by atoms with Crippen molar-refractivity contribution in [2.24, 2.45) is 7.05 Å². The first-order valence-electron chi connectivity index (χ1n) is 4.84. The third-order valence-corrected chi connectivity index (χ3v) is 3.86. The Kier molecular flexibility index (Phi) is 2.67. The largest absolute Gasteiger partial charge is 0.266 e. The van der Waals surface area contributed by atoms with Crippen molar-refractivity contribution < 1.29 is 8.42 Å². The van der Waals surface area contributed by atoms with E-state index in [1.165, 1.54) is 6.07 Å².